The number of hydrogen-bond donors (Lipinski definition) is 1. The van der Waals surface area contributed by atoms with Crippen molar-refractivity contribution in [2.24, 2.45) is 5.73 Å². The SMILES string of the molecule is CCCCCc1c(-c2ccc(C(=O)OC)cc2)c(C(N)=O)c(C)n1CCC. The molecular weight excluding hydrogens is 340 g/mol. The third-order valence-corrected chi connectivity index (χ3v) is 4.94. The Bertz CT molecular complexity index is 804. The number of nitrogens with two attached hydrogens (primary N) is 1. The molecule has 0 unspecified atom stereocenters. The van der Waals surface area contributed by atoms with Crippen LogP contribution in [-0.2, 0) is 17.7 Å². The summed E-state index contributed by atoms with van der Waals surface area (Å²) in [6.45, 7) is 7.13. The van der Waals surface area contributed by atoms with Gasteiger partial charge >= 0.3 is 5.97 Å². The fraction of sp³-hybridized carbons (Fsp3) is 0.455. The largest absolute Gasteiger partial charge is 0.465 e. The first kappa shape index (κ1) is 20.7. The van der Waals surface area contributed by atoms with Gasteiger partial charge in [-0.15, -0.1) is 0 Å². The number of nitrogens with zero attached hydrogens (tertiary/aromatic N) is 1. The Hall–Kier alpha value is -2.56. The van der Waals surface area contributed by atoms with Gasteiger partial charge in [-0.3, -0.25) is 4.79 Å². The summed E-state index contributed by atoms with van der Waals surface area (Å²) in [4.78, 5) is 24.0. The zero-order valence-electron chi connectivity index (χ0n) is 16.8. The average molecular weight is 370 g/mol. The summed E-state index contributed by atoms with van der Waals surface area (Å²) in [5.74, 6) is -0.786. The first-order chi connectivity index (χ1) is 13.0. The minimum atomic E-state index is -0.411. The number of unbranched alkanes of at least 4 members (excludes halogenated alkanes) is 2. The van der Waals surface area contributed by atoms with Gasteiger partial charge in [0.25, 0.3) is 5.91 Å². The van der Waals surface area contributed by atoms with Gasteiger partial charge in [-0.2, -0.15) is 0 Å². The van der Waals surface area contributed by atoms with Gasteiger partial charge < -0.3 is 15.0 Å². The number of aromatic nitrogens is 1. The van der Waals surface area contributed by atoms with Gasteiger partial charge in [0.1, 0.15) is 0 Å². The standard InChI is InChI=1S/C22H30N2O3/c1-5-7-8-9-18-20(16-10-12-17(13-11-16)22(26)27-4)19(21(23)25)15(3)24(18)14-6-2/h10-13H,5-9,14H2,1-4H3,(H2,23,25). The van der Waals surface area contributed by atoms with Crippen molar-refractivity contribution in [3.05, 3.63) is 46.8 Å². The second-order valence-electron chi connectivity index (χ2n) is 6.82. The van der Waals surface area contributed by atoms with Crippen molar-refractivity contribution in [1.29, 1.82) is 0 Å². The number of primary amides is 1. The Morgan fingerprint density at radius 2 is 1.74 bits per heavy atom. The lowest BCUT2D eigenvalue weighted by molar-refractivity contribution is 0.0600. The lowest BCUT2D eigenvalue weighted by atomic mass is 9.96. The zero-order chi connectivity index (χ0) is 20.0. The van der Waals surface area contributed by atoms with Crippen molar-refractivity contribution in [2.45, 2.75) is 59.4 Å². The van der Waals surface area contributed by atoms with E-state index >= 15 is 0 Å². The molecule has 0 atom stereocenters. The molecule has 0 aliphatic carbocycles. The molecule has 146 valence electrons. The zero-order valence-corrected chi connectivity index (χ0v) is 16.8. The number of methoxy groups -OCH3 is 1. The van der Waals surface area contributed by atoms with E-state index in [0.29, 0.717) is 11.1 Å². The smallest absolute Gasteiger partial charge is 0.337 e. The molecule has 0 spiro atoms. The van der Waals surface area contributed by atoms with Crippen LogP contribution in [0.1, 0.15) is 71.6 Å². The molecule has 0 radical (unpaired) electrons. The number of esters is 1. The van der Waals surface area contributed by atoms with Crippen LogP contribution >= 0.6 is 0 Å². The lowest BCUT2D eigenvalue weighted by Gasteiger charge is -2.12. The lowest BCUT2D eigenvalue weighted by Crippen LogP contribution is -2.13. The number of rotatable bonds is 9. The molecule has 0 aliphatic heterocycles. The topological polar surface area (TPSA) is 74.3 Å². The second kappa shape index (κ2) is 9.40. The van der Waals surface area contributed by atoms with Gasteiger partial charge in [-0.05, 0) is 43.9 Å². The highest BCUT2D eigenvalue weighted by atomic mass is 16.5. The third kappa shape index (κ3) is 4.41. The molecule has 1 heterocycles. The van der Waals surface area contributed by atoms with Crippen LogP contribution in [0.3, 0.4) is 0 Å². The molecule has 2 rings (SSSR count). The number of hydrogen-bond acceptors (Lipinski definition) is 3. The van der Waals surface area contributed by atoms with Gasteiger partial charge in [0.15, 0.2) is 0 Å². The first-order valence-corrected chi connectivity index (χ1v) is 9.66. The molecule has 0 aliphatic rings. The van der Waals surface area contributed by atoms with E-state index in [0.717, 1.165) is 61.2 Å². The minimum Gasteiger partial charge on any atom is -0.465 e. The molecular formula is C22H30N2O3. The summed E-state index contributed by atoms with van der Waals surface area (Å²) in [7, 11) is 1.36. The van der Waals surface area contributed by atoms with Crippen LogP contribution in [0, 0.1) is 6.92 Å². The Labute approximate surface area is 161 Å². The van der Waals surface area contributed by atoms with Gasteiger partial charge in [-0.25, -0.2) is 4.79 Å². The minimum absolute atomic E-state index is 0.375. The molecule has 0 fully saturated rings. The Balaban J connectivity index is 2.62. The molecule has 5 nitrogen and oxygen atoms in total. The van der Waals surface area contributed by atoms with Crippen molar-refractivity contribution in [1.82, 2.24) is 4.57 Å². The molecule has 2 N–H and O–H groups in total. The molecule has 0 saturated heterocycles. The van der Waals surface area contributed by atoms with Crippen LogP contribution in [0.5, 0.6) is 0 Å². The third-order valence-electron chi connectivity index (χ3n) is 4.94. The highest BCUT2D eigenvalue weighted by Gasteiger charge is 2.24. The van der Waals surface area contributed by atoms with Gasteiger partial charge in [0, 0.05) is 23.5 Å². The molecule has 0 saturated carbocycles. The van der Waals surface area contributed by atoms with E-state index in [1.807, 2.05) is 19.1 Å². The van der Waals surface area contributed by atoms with Crippen molar-refractivity contribution < 1.29 is 14.3 Å². The molecule has 1 aromatic heterocycles. The number of ether oxygens (including phenoxy) is 1. The number of amides is 1. The predicted molar refractivity (Wildman–Crippen MR) is 108 cm³/mol. The van der Waals surface area contributed by atoms with Crippen LogP contribution in [0.25, 0.3) is 11.1 Å². The van der Waals surface area contributed by atoms with Crippen LogP contribution in [0.4, 0.5) is 0 Å². The second-order valence-corrected chi connectivity index (χ2v) is 6.82. The molecule has 5 heteroatoms. The summed E-state index contributed by atoms with van der Waals surface area (Å²) >= 11 is 0. The van der Waals surface area contributed by atoms with E-state index in [1.165, 1.54) is 7.11 Å². The van der Waals surface area contributed by atoms with Crippen LogP contribution < -0.4 is 5.73 Å². The Kier molecular flexibility index (Phi) is 7.22. The van der Waals surface area contributed by atoms with E-state index < -0.39 is 5.91 Å². The fourth-order valence-electron chi connectivity index (χ4n) is 3.63. The van der Waals surface area contributed by atoms with E-state index in [-0.39, 0.29) is 5.97 Å². The molecule has 1 amide bonds. The monoisotopic (exact) mass is 370 g/mol. The average Bonchev–Trinajstić information content (AvgIpc) is 2.94. The normalized spacial score (nSPS) is 10.8. The molecule has 0 bridgehead atoms. The predicted octanol–water partition coefficient (Wildman–Crippen LogP) is 4.49. The Morgan fingerprint density at radius 1 is 1.07 bits per heavy atom. The van der Waals surface area contributed by atoms with Crippen molar-refractivity contribution >= 4 is 11.9 Å². The highest BCUT2D eigenvalue weighted by molar-refractivity contribution is 6.02. The van der Waals surface area contributed by atoms with Crippen LogP contribution in [0.15, 0.2) is 24.3 Å². The maximum Gasteiger partial charge on any atom is 0.337 e. The van der Waals surface area contributed by atoms with Crippen LogP contribution in [-0.4, -0.2) is 23.6 Å². The van der Waals surface area contributed by atoms with E-state index in [2.05, 4.69) is 18.4 Å². The summed E-state index contributed by atoms with van der Waals surface area (Å²) in [5, 5.41) is 0. The fourth-order valence-corrected chi connectivity index (χ4v) is 3.63. The van der Waals surface area contributed by atoms with Crippen molar-refractivity contribution in [2.75, 3.05) is 7.11 Å². The summed E-state index contributed by atoms with van der Waals surface area (Å²) < 4.78 is 7.01. The van der Waals surface area contributed by atoms with Gasteiger partial charge in [-0.1, -0.05) is 38.8 Å². The number of benzene rings is 1. The van der Waals surface area contributed by atoms with E-state index in [9.17, 15) is 9.59 Å². The molecule has 1 aromatic carbocycles. The van der Waals surface area contributed by atoms with E-state index in [1.54, 1.807) is 12.1 Å². The van der Waals surface area contributed by atoms with Gasteiger partial charge in [0.05, 0.1) is 18.2 Å². The highest BCUT2D eigenvalue weighted by Crippen LogP contribution is 2.34. The Morgan fingerprint density at radius 3 is 2.26 bits per heavy atom. The first-order valence-electron chi connectivity index (χ1n) is 9.66. The molecule has 2 aromatic rings. The summed E-state index contributed by atoms with van der Waals surface area (Å²) in [6.07, 6.45) is 5.22. The maximum atomic E-state index is 12.3. The molecule has 27 heavy (non-hydrogen) atoms. The van der Waals surface area contributed by atoms with Crippen molar-refractivity contribution in [3.8, 4) is 11.1 Å². The summed E-state index contributed by atoms with van der Waals surface area (Å²) in [5.41, 5.74) is 10.7. The summed E-state index contributed by atoms with van der Waals surface area (Å²) in [6, 6.07) is 7.20. The van der Waals surface area contributed by atoms with E-state index in [4.69, 9.17) is 10.5 Å². The number of carbonyl (C=O) groups excluding carboxylic acids is 2. The van der Waals surface area contributed by atoms with Crippen molar-refractivity contribution in [3.63, 3.8) is 0 Å². The quantitative estimate of drug-likeness (QED) is 0.522. The number of carbonyl (C=O) groups is 2. The maximum absolute atomic E-state index is 12.3. The van der Waals surface area contributed by atoms with Crippen LogP contribution in [0.2, 0.25) is 0 Å². The van der Waals surface area contributed by atoms with Gasteiger partial charge in [0.2, 0.25) is 0 Å².